The summed E-state index contributed by atoms with van der Waals surface area (Å²) in [7, 11) is -3.67. The minimum atomic E-state index is -3.67. The summed E-state index contributed by atoms with van der Waals surface area (Å²) in [4.78, 5) is 12.6. The number of sulfone groups is 1. The Hall–Kier alpha value is -2.42. The number of aromatic nitrogens is 2. The zero-order valence-electron chi connectivity index (χ0n) is 14.8. The first kappa shape index (κ1) is 18.4. The van der Waals surface area contributed by atoms with Crippen LogP contribution in [0.25, 0.3) is 0 Å². The van der Waals surface area contributed by atoms with Gasteiger partial charge in [0.15, 0.2) is 9.84 Å². The van der Waals surface area contributed by atoms with Gasteiger partial charge < -0.3 is 4.90 Å². The number of hydrogen-bond acceptors (Lipinski definition) is 6. The predicted molar refractivity (Wildman–Crippen MR) is 98.3 cm³/mol. The van der Waals surface area contributed by atoms with E-state index in [2.05, 4.69) is 5.10 Å². The maximum absolute atomic E-state index is 11.9. The Morgan fingerprint density at radius 2 is 2.00 bits per heavy atom. The van der Waals surface area contributed by atoms with Crippen LogP contribution in [0.1, 0.15) is 31.2 Å². The van der Waals surface area contributed by atoms with Crippen molar-refractivity contribution in [3.8, 4) is 0 Å². The van der Waals surface area contributed by atoms with E-state index in [1.807, 2.05) is 28.9 Å². The first-order chi connectivity index (χ1) is 12.3. The number of piperidine rings is 1. The van der Waals surface area contributed by atoms with Crippen LogP contribution in [0.5, 0.6) is 0 Å². The summed E-state index contributed by atoms with van der Waals surface area (Å²) < 4.78 is 25.7. The van der Waals surface area contributed by atoms with E-state index in [1.54, 1.807) is 12.1 Å². The van der Waals surface area contributed by atoms with Crippen LogP contribution < -0.4 is 4.90 Å². The molecule has 0 unspecified atom stereocenters. The minimum Gasteiger partial charge on any atom is -0.366 e. The molecule has 1 aromatic heterocycles. The molecule has 2 heterocycles. The molecule has 0 atom stereocenters. The van der Waals surface area contributed by atoms with Crippen molar-refractivity contribution in [2.45, 2.75) is 37.1 Å². The number of nitro benzene ring substituents is 1. The number of benzene rings is 1. The molecule has 1 fully saturated rings. The molecular formula is C17H22N4O4S. The lowest BCUT2D eigenvalue weighted by Crippen LogP contribution is -2.33. The first-order valence-corrected chi connectivity index (χ1v) is 10.4. The highest BCUT2D eigenvalue weighted by Gasteiger charge is 2.31. The topological polar surface area (TPSA) is 98.3 Å². The highest BCUT2D eigenvalue weighted by molar-refractivity contribution is 7.90. The largest absolute Gasteiger partial charge is 0.366 e. The van der Waals surface area contributed by atoms with E-state index >= 15 is 0 Å². The van der Waals surface area contributed by atoms with Gasteiger partial charge in [0.1, 0.15) is 10.6 Å². The Balaban J connectivity index is 1.84. The average Bonchev–Trinajstić information content (AvgIpc) is 3.09. The number of nitro groups is 1. The maximum atomic E-state index is 11.9. The number of anilines is 1. The molecule has 0 bridgehead atoms. The molecule has 26 heavy (non-hydrogen) atoms. The molecular weight excluding hydrogens is 356 g/mol. The number of nitrogens with zero attached hydrogens (tertiary/aromatic N) is 4. The Kier molecular flexibility index (Phi) is 4.99. The van der Waals surface area contributed by atoms with E-state index in [0.29, 0.717) is 24.7 Å². The fourth-order valence-electron chi connectivity index (χ4n) is 3.47. The van der Waals surface area contributed by atoms with Crippen LogP contribution in [-0.4, -0.2) is 42.5 Å². The smallest absolute Gasteiger partial charge is 0.311 e. The molecule has 1 aromatic carbocycles. The standard InChI is InChI=1S/C17H22N4O4S/c1-3-20-12-14(11-18-20)13-7-9-19(10-8-13)15-5-4-6-16(26(2,24)25)17(15)21(22)23/h4-6,11-13H,3,7-10H2,1-2H3. The van der Waals surface area contributed by atoms with Crippen molar-refractivity contribution in [3.63, 3.8) is 0 Å². The molecule has 9 heteroatoms. The first-order valence-electron chi connectivity index (χ1n) is 8.56. The summed E-state index contributed by atoms with van der Waals surface area (Å²) in [6.07, 6.45) is 6.62. The van der Waals surface area contributed by atoms with Gasteiger partial charge >= 0.3 is 5.69 Å². The minimum absolute atomic E-state index is 0.230. The third-order valence-corrected chi connectivity index (χ3v) is 5.97. The molecule has 2 aromatic rings. The van der Waals surface area contributed by atoms with Crippen LogP contribution in [0.4, 0.5) is 11.4 Å². The van der Waals surface area contributed by atoms with Crippen molar-refractivity contribution in [1.82, 2.24) is 9.78 Å². The summed E-state index contributed by atoms with van der Waals surface area (Å²) in [5.41, 5.74) is 1.23. The van der Waals surface area contributed by atoms with E-state index in [0.717, 1.165) is 25.6 Å². The molecule has 1 aliphatic rings. The van der Waals surface area contributed by atoms with Gasteiger partial charge in [0, 0.05) is 32.1 Å². The second-order valence-electron chi connectivity index (χ2n) is 6.54. The molecule has 8 nitrogen and oxygen atoms in total. The van der Waals surface area contributed by atoms with E-state index in [-0.39, 0.29) is 10.6 Å². The normalized spacial score (nSPS) is 16.0. The van der Waals surface area contributed by atoms with E-state index in [4.69, 9.17) is 0 Å². The van der Waals surface area contributed by atoms with Crippen molar-refractivity contribution in [2.24, 2.45) is 0 Å². The van der Waals surface area contributed by atoms with Crippen molar-refractivity contribution < 1.29 is 13.3 Å². The van der Waals surface area contributed by atoms with Gasteiger partial charge in [-0.1, -0.05) is 6.07 Å². The monoisotopic (exact) mass is 378 g/mol. The van der Waals surface area contributed by atoms with Crippen LogP contribution in [0.3, 0.4) is 0 Å². The van der Waals surface area contributed by atoms with Crippen LogP contribution in [0.2, 0.25) is 0 Å². The van der Waals surface area contributed by atoms with Crippen LogP contribution >= 0.6 is 0 Å². The Bertz CT molecular complexity index is 915. The van der Waals surface area contributed by atoms with E-state index in [9.17, 15) is 18.5 Å². The van der Waals surface area contributed by atoms with Crippen molar-refractivity contribution in [2.75, 3.05) is 24.2 Å². The molecule has 0 amide bonds. The highest BCUT2D eigenvalue weighted by atomic mass is 32.2. The lowest BCUT2D eigenvalue weighted by molar-refractivity contribution is -0.387. The second kappa shape index (κ2) is 7.06. The third kappa shape index (κ3) is 3.57. The lowest BCUT2D eigenvalue weighted by Gasteiger charge is -2.33. The van der Waals surface area contributed by atoms with Gasteiger partial charge in [-0.25, -0.2) is 8.42 Å². The van der Waals surface area contributed by atoms with Crippen LogP contribution in [0.15, 0.2) is 35.5 Å². The fourth-order valence-corrected chi connectivity index (χ4v) is 4.32. The average molecular weight is 378 g/mol. The lowest BCUT2D eigenvalue weighted by atomic mass is 9.91. The highest BCUT2D eigenvalue weighted by Crippen LogP contribution is 2.38. The van der Waals surface area contributed by atoms with Gasteiger partial charge in [-0.3, -0.25) is 14.8 Å². The second-order valence-corrected chi connectivity index (χ2v) is 8.53. The molecule has 140 valence electrons. The molecule has 1 saturated heterocycles. The Morgan fingerprint density at radius 3 is 2.54 bits per heavy atom. The molecule has 0 aliphatic carbocycles. The number of hydrogen-bond donors (Lipinski definition) is 0. The quantitative estimate of drug-likeness (QED) is 0.586. The fraction of sp³-hybridized carbons (Fsp3) is 0.471. The summed E-state index contributed by atoms with van der Waals surface area (Å²) in [6, 6.07) is 4.49. The summed E-state index contributed by atoms with van der Waals surface area (Å²) in [5.74, 6) is 0.365. The third-order valence-electron chi connectivity index (χ3n) is 4.84. The SMILES string of the molecule is CCn1cc(C2CCN(c3cccc(S(C)(=O)=O)c3[N+](=O)[O-])CC2)cn1. The van der Waals surface area contributed by atoms with Gasteiger partial charge in [0.05, 0.1) is 11.1 Å². The van der Waals surface area contributed by atoms with Gasteiger partial charge in [-0.2, -0.15) is 5.10 Å². The van der Waals surface area contributed by atoms with E-state index < -0.39 is 14.8 Å². The van der Waals surface area contributed by atoms with Crippen molar-refractivity contribution in [3.05, 3.63) is 46.3 Å². The molecule has 0 N–H and O–H groups in total. The molecule has 3 rings (SSSR count). The Morgan fingerprint density at radius 1 is 1.31 bits per heavy atom. The molecule has 0 radical (unpaired) electrons. The zero-order valence-corrected chi connectivity index (χ0v) is 15.6. The van der Waals surface area contributed by atoms with Gasteiger partial charge in [-0.15, -0.1) is 0 Å². The van der Waals surface area contributed by atoms with Crippen molar-refractivity contribution >= 4 is 21.2 Å². The number of aryl methyl sites for hydroxylation is 1. The molecule has 0 saturated carbocycles. The van der Waals surface area contributed by atoms with Crippen LogP contribution in [0, 0.1) is 10.1 Å². The van der Waals surface area contributed by atoms with Crippen molar-refractivity contribution in [1.29, 1.82) is 0 Å². The summed E-state index contributed by atoms with van der Waals surface area (Å²) in [6.45, 7) is 4.13. The zero-order chi connectivity index (χ0) is 18.9. The van der Waals surface area contributed by atoms with E-state index in [1.165, 1.54) is 11.6 Å². The summed E-state index contributed by atoms with van der Waals surface area (Å²) in [5, 5.41) is 15.9. The van der Waals surface area contributed by atoms with Crippen LogP contribution in [-0.2, 0) is 16.4 Å². The predicted octanol–water partition coefficient (Wildman–Crippen LogP) is 2.60. The maximum Gasteiger partial charge on any atom is 0.311 e. The number of rotatable bonds is 5. The number of para-hydroxylation sites is 1. The molecule has 0 spiro atoms. The summed E-state index contributed by atoms with van der Waals surface area (Å²) >= 11 is 0. The van der Waals surface area contributed by atoms with Gasteiger partial charge in [0.2, 0.25) is 0 Å². The van der Waals surface area contributed by atoms with Gasteiger partial charge in [-0.05, 0) is 43.4 Å². The van der Waals surface area contributed by atoms with Gasteiger partial charge in [0.25, 0.3) is 0 Å². The molecule has 1 aliphatic heterocycles. The Labute approximate surface area is 152 Å².